The van der Waals surface area contributed by atoms with Crippen molar-refractivity contribution in [1.82, 2.24) is 4.98 Å². The minimum absolute atomic E-state index is 0.184. The monoisotopic (exact) mass is 180 g/mol. The summed E-state index contributed by atoms with van der Waals surface area (Å²) < 4.78 is 0. The number of aliphatic hydroxyl groups excluding tert-OH is 1. The van der Waals surface area contributed by atoms with E-state index >= 15 is 0 Å². The van der Waals surface area contributed by atoms with Crippen molar-refractivity contribution in [2.45, 2.75) is 19.8 Å². The van der Waals surface area contributed by atoms with E-state index < -0.39 is 0 Å². The summed E-state index contributed by atoms with van der Waals surface area (Å²) in [6.45, 7) is 3.25. The average molecular weight is 180 g/mol. The number of nitrogens with zero attached hydrogens (tertiary/aromatic N) is 1. The summed E-state index contributed by atoms with van der Waals surface area (Å²) >= 11 is 0. The van der Waals surface area contributed by atoms with Crippen molar-refractivity contribution in [1.29, 1.82) is 0 Å². The van der Waals surface area contributed by atoms with Gasteiger partial charge in [0, 0.05) is 19.3 Å². The Hall–Kier alpha value is -1.09. The highest BCUT2D eigenvalue weighted by molar-refractivity contribution is 5.35. The van der Waals surface area contributed by atoms with Crippen LogP contribution in [0.15, 0.2) is 18.3 Å². The number of nitrogens with one attached hydrogen (secondary N) is 1. The molecule has 0 aliphatic rings. The molecule has 0 aliphatic heterocycles. The first-order valence-corrected chi connectivity index (χ1v) is 4.66. The molecule has 2 N–H and O–H groups in total. The van der Waals surface area contributed by atoms with Gasteiger partial charge in [-0.2, -0.15) is 0 Å². The van der Waals surface area contributed by atoms with Crippen molar-refractivity contribution >= 4 is 5.82 Å². The van der Waals surface area contributed by atoms with Crippen LogP contribution in [-0.4, -0.2) is 23.2 Å². The van der Waals surface area contributed by atoms with E-state index in [1.807, 2.05) is 12.1 Å². The van der Waals surface area contributed by atoms with E-state index in [4.69, 9.17) is 5.11 Å². The van der Waals surface area contributed by atoms with Gasteiger partial charge in [-0.15, -0.1) is 0 Å². The predicted molar refractivity (Wildman–Crippen MR) is 53.8 cm³/mol. The zero-order valence-corrected chi connectivity index (χ0v) is 7.95. The number of aromatic nitrogens is 1. The Morgan fingerprint density at radius 3 is 2.85 bits per heavy atom. The van der Waals surface area contributed by atoms with E-state index in [0.29, 0.717) is 6.42 Å². The first-order valence-electron chi connectivity index (χ1n) is 4.66. The lowest BCUT2D eigenvalue weighted by atomic mass is 10.2. The van der Waals surface area contributed by atoms with Crippen LogP contribution < -0.4 is 5.32 Å². The second-order valence-electron chi connectivity index (χ2n) is 2.95. The molecule has 0 amide bonds. The van der Waals surface area contributed by atoms with Gasteiger partial charge in [-0.05, 0) is 24.5 Å². The summed E-state index contributed by atoms with van der Waals surface area (Å²) in [6.07, 6.45) is 3.58. The summed E-state index contributed by atoms with van der Waals surface area (Å²) in [5.74, 6) is 0.906. The van der Waals surface area contributed by atoms with Crippen LogP contribution in [0.2, 0.25) is 0 Å². The Morgan fingerprint density at radius 2 is 2.31 bits per heavy atom. The van der Waals surface area contributed by atoms with E-state index in [1.165, 1.54) is 0 Å². The van der Waals surface area contributed by atoms with E-state index in [2.05, 4.69) is 17.2 Å². The van der Waals surface area contributed by atoms with Gasteiger partial charge in [0.2, 0.25) is 0 Å². The summed E-state index contributed by atoms with van der Waals surface area (Å²) in [4.78, 5) is 4.21. The standard InChI is InChI=1S/C10H16N2O/c1-2-6-11-10-4-3-9(5-7-13)8-12-10/h3-4,8,13H,2,5-7H2,1H3,(H,11,12). The molecule has 3 heteroatoms. The molecule has 1 heterocycles. The summed E-state index contributed by atoms with van der Waals surface area (Å²) in [6, 6.07) is 3.93. The lowest BCUT2D eigenvalue weighted by molar-refractivity contribution is 0.299. The van der Waals surface area contributed by atoms with E-state index in [-0.39, 0.29) is 6.61 Å². The molecule has 0 aliphatic carbocycles. The van der Waals surface area contributed by atoms with Gasteiger partial charge in [-0.1, -0.05) is 13.0 Å². The average Bonchev–Trinajstić information content (AvgIpc) is 2.17. The third kappa shape index (κ3) is 3.42. The minimum Gasteiger partial charge on any atom is -0.396 e. The van der Waals surface area contributed by atoms with E-state index in [9.17, 15) is 0 Å². The van der Waals surface area contributed by atoms with Crippen molar-refractivity contribution < 1.29 is 5.11 Å². The van der Waals surface area contributed by atoms with Crippen LogP contribution in [-0.2, 0) is 6.42 Å². The number of aliphatic hydroxyl groups is 1. The number of rotatable bonds is 5. The van der Waals surface area contributed by atoms with Crippen molar-refractivity contribution in [3.8, 4) is 0 Å². The highest BCUT2D eigenvalue weighted by Crippen LogP contribution is 2.05. The lowest BCUT2D eigenvalue weighted by Crippen LogP contribution is -2.02. The topological polar surface area (TPSA) is 45.1 Å². The molecule has 0 atom stereocenters. The predicted octanol–water partition coefficient (Wildman–Crippen LogP) is 1.44. The van der Waals surface area contributed by atoms with Crippen molar-refractivity contribution in [3.05, 3.63) is 23.9 Å². The van der Waals surface area contributed by atoms with Gasteiger partial charge in [0.15, 0.2) is 0 Å². The summed E-state index contributed by atoms with van der Waals surface area (Å²) in [5, 5.41) is 11.9. The second kappa shape index (κ2) is 5.54. The lowest BCUT2D eigenvalue weighted by Gasteiger charge is -2.03. The van der Waals surface area contributed by atoms with Gasteiger partial charge in [0.05, 0.1) is 0 Å². The maximum absolute atomic E-state index is 8.69. The fourth-order valence-corrected chi connectivity index (χ4v) is 1.06. The molecule has 72 valence electrons. The molecule has 0 radical (unpaired) electrons. The fraction of sp³-hybridized carbons (Fsp3) is 0.500. The van der Waals surface area contributed by atoms with Gasteiger partial charge < -0.3 is 10.4 Å². The zero-order valence-electron chi connectivity index (χ0n) is 7.95. The molecule has 0 saturated carbocycles. The van der Waals surface area contributed by atoms with Crippen LogP contribution in [0.1, 0.15) is 18.9 Å². The molecular weight excluding hydrogens is 164 g/mol. The molecule has 0 bridgehead atoms. The van der Waals surface area contributed by atoms with Crippen LogP contribution >= 0.6 is 0 Å². The SMILES string of the molecule is CCCNc1ccc(CCO)cn1. The van der Waals surface area contributed by atoms with E-state index in [1.54, 1.807) is 6.20 Å². The number of hydrogen-bond donors (Lipinski definition) is 2. The Balaban J connectivity index is 2.48. The molecule has 0 saturated heterocycles. The number of pyridine rings is 1. The second-order valence-corrected chi connectivity index (χ2v) is 2.95. The first-order chi connectivity index (χ1) is 6.36. The third-order valence-corrected chi connectivity index (χ3v) is 1.78. The largest absolute Gasteiger partial charge is 0.396 e. The molecule has 0 fully saturated rings. The van der Waals surface area contributed by atoms with Crippen LogP contribution in [0.3, 0.4) is 0 Å². The van der Waals surface area contributed by atoms with Gasteiger partial charge in [0.25, 0.3) is 0 Å². The Morgan fingerprint density at radius 1 is 1.46 bits per heavy atom. The molecule has 1 aromatic rings. The van der Waals surface area contributed by atoms with Crippen LogP contribution in [0.4, 0.5) is 5.82 Å². The highest BCUT2D eigenvalue weighted by Gasteiger charge is 1.93. The van der Waals surface area contributed by atoms with Crippen molar-refractivity contribution in [3.63, 3.8) is 0 Å². The quantitative estimate of drug-likeness (QED) is 0.720. The summed E-state index contributed by atoms with van der Waals surface area (Å²) in [7, 11) is 0. The van der Waals surface area contributed by atoms with E-state index in [0.717, 1.165) is 24.3 Å². The zero-order chi connectivity index (χ0) is 9.52. The smallest absolute Gasteiger partial charge is 0.125 e. The molecule has 1 aromatic heterocycles. The van der Waals surface area contributed by atoms with Gasteiger partial charge in [-0.25, -0.2) is 4.98 Å². The Kier molecular flexibility index (Phi) is 4.26. The molecular formula is C10H16N2O. The molecule has 3 nitrogen and oxygen atoms in total. The van der Waals surface area contributed by atoms with Crippen LogP contribution in [0, 0.1) is 0 Å². The molecule has 0 spiro atoms. The number of anilines is 1. The Bertz CT molecular complexity index is 233. The molecule has 0 aromatic carbocycles. The maximum Gasteiger partial charge on any atom is 0.125 e. The van der Waals surface area contributed by atoms with Crippen molar-refractivity contribution in [2.75, 3.05) is 18.5 Å². The van der Waals surface area contributed by atoms with Crippen LogP contribution in [0.5, 0.6) is 0 Å². The molecule has 0 unspecified atom stereocenters. The Labute approximate surface area is 78.8 Å². The third-order valence-electron chi connectivity index (χ3n) is 1.78. The molecule has 1 rings (SSSR count). The minimum atomic E-state index is 0.184. The molecule has 13 heavy (non-hydrogen) atoms. The van der Waals surface area contributed by atoms with Gasteiger partial charge in [-0.3, -0.25) is 0 Å². The highest BCUT2D eigenvalue weighted by atomic mass is 16.2. The van der Waals surface area contributed by atoms with Gasteiger partial charge >= 0.3 is 0 Å². The first kappa shape index (κ1) is 9.99. The number of hydrogen-bond acceptors (Lipinski definition) is 3. The van der Waals surface area contributed by atoms with Gasteiger partial charge in [0.1, 0.15) is 5.82 Å². The summed E-state index contributed by atoms with van der Waals surface area (Å²) in [5.41, 5.74) is 1.07. The maximum atomic E-state index is 8.69. The fourth-order valence-electron chi connectivity index (χ4n) is 1.06. The normalized spacial score (nSPS) is 10.0. The van der Waals surface area contributed by atoms with Crippen molar-refractivity contribution in [2.24, 2.45) is 0 Å². The van der Waals surface area contributed by atoms with Crippen LogP contribution in [0.25, 0.3) is 0 Å².